The number of pyridine rings is 1. The van der Waals surface area contributed by atoms with Crippen LogP contribution in [0.2, 0.25) is 10.0 Å². The molecule has 0 atom stereocenters. The Kier molecular flexibility index (Phi) is 6.52. The van der Waals surface area contributed by atoms with Crippen LogP contribution in [0.4, 0.5) is 19.0 Å². The molecule has 0 radical (unpaired) electrons. The standard InChI is InChI=1S/C24H17Cl2F3N4O2S/c25-18-8-14(23(34)35)2-6-21(18)36-32(22-19(26)9-16(11-30-22)24(27,28)29)12-13-1-5-20-15(7-13)10-31-33(20)17-3-4-17/h1-2,5-11,17H,3-4,12H2,(H,34,35). The number of benzene rings is 2. The van der Waals surface area contributed by atoms with Gasteiger partial charge in [-0.05, 0) is 66.8 Å². The van der Waals surface area contributed by atoms with Gasteiger partial charge in [-0.25, -0.2) is 9.78 Å². The summed E-state index contributed by atoms with van der Waals surface area (Å²) in [6.45, 7) is 0.226. The lowest BCUT2D eigenvalue weighted by molar-refractivity contribution is -0.137. The quantitative estimate of drug-likeness (QED) is 0.239. The molecule has 0 amide bonds. The number of rotatable bonds is 7. The summed E-state index contributed by atoms with van der Waals surface area (Å²) >= 11 is 13.7. The molecule has 2 aromatic heterocycles. The van der Waals surface area contributed by atoms with E-state index in [9.17, 15) is 23.1 Å². The summed E-state index contributed by atoms with van der Waals surface area (Å²) in [5.41, 5.74) is 0.915. The lowest BCUT2D eigenvalue weighted by Gasteiger charge is -2.24. The Morgan fingerprint density at radius 2 is 1.89 bits per heavy atom. The van der Waals surface area contributed by atoms with Crippen LogP contribution in [0.3, 0.4) is 0 Å². The Morgan fingerprint density at radius 1 is 1.11 bits per heavy atom. The van der Waals surface area contributed by atoms with Gasteiger partial charge in [-0.15, -0.1) is 0 Å². The maximum absolute atomic E-state index is 13.2. The van der Waals surface area contributed by atoms with Crippen molar-refractivity contribution in [3.8, 4) is 0 Å². The molecule has 0 aliphatic heterocycles. The fourth-order valence-corrected chi connectivity index (χ4v) is 5.28. The summed E-state index contributed by atoms with van der Waals surface area (Å²) in [6.07, 6.45) is 0.132. The smallest absolute Gasteiger partial charge is 0.417 e. The number of halogens is 5. The first-order valence-corrected chi connectivity index (χ1v) is 12.3. The Hall–Kier alpha value is -2.95. The zero-order chi connectivity index (χ0) is 25.6. The fourth-order valence-electron chi connectivity index (χ4n) is 3.72. The highest BCUT2D eigenvalue weighted by Gasteiger charge is 2.32. The number of anilines is 1. The number of hydrogen-bond donors (Lipinski definition) is 1. The lowest BCUT2D eigenvalue weighted by atomic mass is 10.1. The summed E-state index contributed by atoms with van der Waals surface area (Å²) in [5.74, 6) is -1.01. The third kappa shape index (κ3) is 5.11. The van der Waals surface area contributed by atoms with Crippen molar-refractivity contribution in [1.29, 1.82) is 0 Å². The average Bonchev–Trinajstić information content (AvgIpc) is 3.58. The predicted octanol–water partition coefficient (Wildman–Crippen LogP) is 7.50. The summed E-state index contributed by atoms with van der Waals surface area (Å²) in [7, 11) is 0. The Labute approximate surface area is 217 Å². The molecule has 1 N–H and O–H groups in total. The fraction of sp³-hybridized carbons (Fsp3) is 0.208. The van der Waals surface area contributed by atoms with Gasteiger partial charge in [0.1, 0.15) is 0 Å². The van der Waals surface area contributed by atoms with Crippen molar-refractivity contribution in [2.24, 2.45) is 0 Å². The molecule has 0 unspecified atom stereocenters. The molecule has 1 saturated carbocycles. The van der Waals surface area contributed by atoms with Gasteiger partial charge in [-0.3, -0.25) is 8.99 Å². The number of hydrogen-bond acceptors (Lipinski definition) is 5. The van der Waals surface area contributed by atoms with Crippen LogP contribution in [0.25, 0.3) is 10.9 Å². The van der Waals surface area contributed by atoms with Crippen molar-refractivity contribution in [1.82, 2.24) is 14.8 Å². The van der Waals surface area contributed by atoms with Crippen LogP contribution in [0, 0.1) is 0 Å². The Bertz CT molecular complexity index is 1470. The van der Waals surface area contributed by atoms with E-state index in [4.69, 9.17) is 23.2 Å². The molecular formula is C24H17Cl2F3N4O2S. The molecule has 2 aromatic carbocycles. The van der Waals surface area contributed by atoms with Gasteiger partial charge in [0.05, 0.1) is 45.5 Å². The molecule has 1 fully saturated rings. The van der Waals surface area contributed by atoms with Crippen LogP contribution in [0.5, 0.6) is 0 Å². The van der Waals surface area contributed by atoms with Gasteiger partial charge in [0.15, 0.2) is 5.82 Å². The van der Waals surface area contributed by atoms with Gasteiger partial charge in [0.25, 0.3) is 0 Å². The van der Waals surface area contributed by atoms with Gasteiger partial charge in [0.2, 0.25) is 0 Å². The first-order chi connectivity index (χ1) is 17.1. The second kappa shape index (κ2) is 9.49. The largest absolute Gasteiger partial charge is 0.478 e. The SMILES string of the molecule is O=C(O)c1ccc(SN(Cc2ccc3c(cnn3C3CC3)c2)c2ncc(C(F)(F)F)cc2Cl)c(Cl)c1. The van der Waals surface area contributed by atoms with E-state index in [1.165, 1.54) is 18.2 Å². The van der Waals surface area contributed by atoms with E-state index in [-0.39, 0.29) is 28.0 Å². The monoisotopic (exact) mass is 552 g/mol. The van der Waals surface area contributed by atoms with E-state index in [1.54, 1.807) is 10.5 Å². The third-order valence-electron chi connectivity index (χ3n) is 5.65. The molecular weight excluding hydrogens is 536 g/mol. The van der Waals surface area contributed by atoms with Crippen molar-refractivity contribution in [3.63, 3.8) is 0 Å². The zero-order valence-corrected chi connectivity index (χ0v) is 20.7. The van der Waals surface area contributed by atoms with E-state index < -0.39 is 17.7 Å². The molecule has 12 heteroatoms. The number of alkyl halides is 3. The zero-order valence-electron chi connectivity index (χ0n) is 18.3. The highest BCUT2D eigenvalue weighted by molar-refractivity contribution is 8.00. The van der Waals surface area contributed by atoms with E-state index >= 15 is 0 Å². The van der Waals surface area contributed by atoms with Crippen molar-refractivity contribution in [2.45, 2.75) is 36.5 Å². The molecule has 4 aromatic rings. The van der Waals surface area contributed by atoms with Crippen molar-refractivity contribution < 1.29 is 23.1 Å². The van der Waals surface area contributed by atoms with E-state index in [1.807, 2.05) is 22.9 Å². The Morgan fingerprint density at radius 3 is 2.53 bits per heavy atom. The molecule has 0 spiro atoms. The number of fused-ring (bicyclic) bond motifs is 1. The number of aromatic carboxylic acids is 1. The molecule has 6 nitrogen and oxygen atoms in total. The van der Waals surface area contributed by atoms with E-state index in [0.717, 1.165) is 53.5 Å². The van der Waals surface area contributed by atoms with Crippen molar-refractivity contribution in [2.75, 3.05) is 4.31 Å². The average molecular weight is 553 g/mol. The number of carbonyl (C=O) groups is 1. The van der Waals surface area contributed by atoms with Crippen LogP contribution < -0.4 is 4.31 Å². The molecule has 5 rings (SSSR count). The van der Waals surface area contributed by atoms with Gasteiger partial charge in [-0.1, -0.05) is 29.3 Å². The Balaban J connectivity index is 1.50. The molecule has 36 heavy (non-hydrogen) atoms. The second-order valence-electron chi connectivity index (χ2n) is 8.32. The van der Waals surface area contributed by atoms with Gasteiger partial charge in [-0.2, -0.15) is 18.3 Å². The summed E-state index contributed by atoms with van der Waals surface area (Å²) in [4.78, 5) is 15.8. The molecule has 2 heterocycles. The van der Waals surface area contributed by atoms with Gasteiger partial charge in [0, 0.05) is 16.5 Å². The van der Waals surface area contributed by atoms with Crippen LogP contribution in [-0.2, 0) is 12.7 Å². The van der Waals surface area contributed by atoms with Gasteiger partial charge < -0.3 is 5.11 Å². The lowest BCUT2D eigenvalue weighted by Crippen LogP contribution is -2.17. The highest BCUT2D eigenvalue weighted by Crippen LogP contribution is 2.40. The second-order valence-corrected chi connectivity index (χ2v) is 10.2. The summed E-state index contributed by atoms with van der Waals surface area (Å²) in [6, 6.07) is 11.3. The van der Waals surface area contributed by atoms with Crippen molar-refractivity contribution in [3.05, 3.63) is 81.6 Å². The predicted molar refractivity (Wildman–Crippen MR) is 133 cm³/mol. The normalized spacial score (nSPS) is 13.8. The minimum absolute atomic E-state index is 0.0136. The molecule has 1 aliphatic rings. The minimum Gasteiger partial charge on any atom is -0.478 e. The van der Waals surface area contributed by atoms with Gasteiger partial charge >= 0.3 is 12.1 Å². The van der Waals surface area contributed by atoms with E-state index in [0.29, 0.717) is 10.9 Å². The van der Waals surface area contributed by atoms with Crippen molar-refractivity contribution >= 4 is 57.8 Å². The molecule has 0 saturated heterocycles. The summed E-state index contributed by atoms with van der Waals surface area (Å²) < 4.78 is 43.1. The number of carboxylic acid groups (broad SMARTS) is 1. The first kappa shape index (κ1) is 24.7. The maximum Gasteiger partial charge on any atom is 0.417 e. The van der Waals surface area contributed by atoms with Crippen LogP contribution in [-0.4, -0.2) is 25.8 Å². The summed E-state index contributed by atoms with van der Waals surface area (Å²) in [5, 5.41) is 14.6. The number of aromatic nitrogens is 3. The molecule has 0 bridgehead atoms. The third-order valence-corrected chi connectivity index (χ3v) is 7.43. The molecule has 1 aliphatic carbocycles. The highest BCUT2D eigenvalue weighted by atomic mass is 35.5. The molecule has 186 valence electrons. The number of carboxylic acids is 1. The minimum atomic E-state index is -4.59. The van der Waals surface area contributed by atoms with E-state index in [2.05, 4.69) is 10.1 Å². The van der Waals surface area contributed by atoms with Crippen LogP contribution in [0.1, 0.15) is 40.4 Å². The first-order valence-electron chi connectivity index (χ1n) is 10.8. The number of nitrogens with zero attached hydrogens (tertiary/aromatic N) is 4. The maximum atomic E-state index is 13.2. The van der Waals surface area contributed by atoms with Crippen LogP contribution >= 0.6 is 35.1 Å². The van der Waals surface area contributed by atoms with Crippen LogP contribution in [0.15, 0.2) is 59.8 Å². The topological polar surface area (TPSA) is 71.2 Å².